The van der Waals surface area contributed by atoms with Gasteiger partial charge in [0.2, 0.25) is 0 Å². The zero-order valence-corrected chi connectivity index (χ0v) is 35.9. The van der Waals surface area contributed by atoms with E-state index in [2.05, 4.69) is 202 Å². The van der Waals surface area contributed by atoms with E-state index in [-0.39, 0.29) is 31.9 Å². The number of anilines is 4. The molecule has 3 heterocycles. The molecule has 5 nitrogen and oxygen atoms in total. The first-order valence-electron chi connectivity index (χ1n) is 19.5. The van der Waals surface area contributed by atoms with Crippen LogP contribution in [0.2, 0.25) is 0 Å². The second kappa shape index (κ2) is 15.5. The average molecular weight is 937 g/mol. The van der Waals surface area contributed by atoms with Crippen molar-refractivity contribution in [1.29, 1.82) is 0 Å². The SMILES string of the molecule is CC(C)(C)c1ccnc(-n2c3[c-]c(Oc4[c-]c(N5[CH-]N(c6cc(C(C)(C)C)ccc6C6=C/C=C\C=C/C=C\6)c6ccccc65)ccc4)ccc3c3ccccc32)c1.[Pt]. The van der Waals surface area contributed by atoms with E-state index in [4.69, 9.17) is 9.72 Å². The normalized spacial score (nSPS) is 16.6. The first-order chi connectivity index (χ1) is 27.5. The molecule has 1 aliphatic heterocycles. The van der Waals surface area contributed by atoms with Gasteiger partial charge >= 0.3 is 0 Å². The van der Waals surface area contributed by atoms with E-state index >= 15 is 0 Å². The van der Waals surface area contributed by atoms with Gasteiger partial charge in [0.05, 0.1) is 0 Å². The Balaban J connectivity index is 0.00000469. The van der Waals surface area contributed by atoms with Crippen LogP contribution in [0.25, 0.3) is 33.2 Å². The van der Waals surface area contributed by atoms with Crippen molar-refractivity contribution in [1.82, 2.24) is 9.55 Å². The molecule has 1 aliphatic carbocycles. The predicted octanol–water partition coefficient (Wildman–Crippen LogP) is 13.6. The van der Waals surface area contributed by atoms with Crippen molar-refractivity contribution in [2.75, 3.05) is 9.80 Å². The molecule has 0 fully saturated rings. The van der Waals surface area contributed by atoms with Crippen LogP contribution in [0.4, 0.5) is 22.7 Å². The number of nitrogens with zero attached hydrogens (tertiary/aromatic N) is 4. The summed E-state index contributed by atoms with van der Waals surface area (Å²) in [6, 6.07) is 45.5. The molecule has 0 N–H and O–H groups in total. The topological polar surface area (TPSA) is 33.5 Å². The second-order valence-electron chi connectivity index (χ2n) is 16.7. The maximum atomic E-state index is 6.60. The summed E-state index contributed by atoms with van der Waals surface area (Å²) in [4.78, 5) is 9.34. The summed E-state index contributed by atoms with van der Waals surface area (Å²) in [5.41, 5.74) is 10.9. The second-order valence-corrected chi connectivity index (χ2v) is 16.7. The van der Waals surface area contributed by atoms with Gasteiger partial charge < -0.3 is 19.1 Å². The summed E-state index contributed by atoms with van der Waals surface area (Å²) in [5, 5.41) is 2.24. The minimum absolute atomic E-state index is 0. The van der Waals surface area contributed by atoms with E-state index in [0.717, 1.165) is 61.5 Å². The van der Waals surface area contributed by atoms with Crippen LogP contribution >= 0.6 is 0 Å². The molecule has 58 heavy (non-hydrogen) atoms. The Bertz CT molecular complexity index is 2790. The molecule has 9 rings (SSSR count). The summed E-state index contributed by atoms with van der Waals surface area (Å²) in [5.74, 6) is 2.06. The fraction of sp³-hybridized carbons (Fsp3) is 0.154. The number of hydrogen-bond donors (Lipinski definition) is 0. The molecule has 292 valence electrons. The maximum Gasteiger partial charge on any atom is 0.135 e. The Morgan fingerprint density at radius 3 is 2.12 bits per heavy atom. The number of allylic oxidation sites excluding steroid dienone is 8. The number of benzene rings is 5. The van der Waals surface area contributed by atoms with Gasteiger partial charge in [0, 0.05) is 66.9 Å². The van der Waals surface area contributed by atoms with Crippen molar-refractivity contribution in [3.8, 4) is 17.3 Å². The molecule has 2 aliphatic rings. The summed E-state index contributed by atoms with van der Waals surface area (Å²) >= 11 is 0. The van der Waals surface area contributed by atoms with Crippen molar-refractivity contribution in [3.05, 3.63) is 193 Å². The maximum absolute atomic E-state index is 6.60. The molecule has 0 bridgehead atoms. The number of fused-ring (bicyclic) bond motifs is 4. The van der Waals surface area contributed by atoms with Gasteiger partial charge in [-0.3, -0.25) is 0 Å². The third-order valence-corrected chi connectivity index (χ3v) is 10.7. The van der Waals surface area contributed by atoms with Gasteiger partial charge in [-0.05, 0) is 69.3 Å². The molecule has 6 heteroatoms. The molecule has 7 aromatic rings. The monoisotopic (exact) mass is 936 g/mol. The van der Waals surface area contributed by atoms with E-state index in [1.807, 2.05) is 30.5 Å². The number of para-hydroxylation sites is 3. The van der Waals surface area contributed by atoms with E-state index in [1.165, 1.54) is 11.1 Å². The number of aromatic nitrogens is 2. The van der Waals surface area contributed by atoms with Crippen LogP contribution in [0.15, 0.2) is 158 Å². The number of rotatable bonds is 6. The molecular formula is C52H45N4OPt-3. The standard InChI is InChI=1S/C52H45N4O.Pt/c1-51(2,3)37-25-27-42(36-17-10-8-7-9-11-18-36)48(31-37)55-35-54(46-23-14-15-24-47(46)55)39-19-16-20-40(33-39)57-41-26-28-44-43-21-12-13-22-45(43)56(49(44)34-41)50-32-38(29-30-53-50)52(4,5)6;/h7-32,35H,1-6H3;/q-3;/b8-7-,9-7?,10-8?,11-9-,17-10-,18-11?,36-17?,36-18+;. The fourth-order valence-corrected chi connectivity index (χ4v) is 7.62. The van der Waals surface area contributed by atoms with Crippen molar-refractivity contribution < 1.29 is 25.8 Å². The van der Waals surface area contributed by atoms with E-state index in [9.17, 15) is 0 Å². The van der Waals surface area contributed by atoms with Crippen LogP contribution < -0.4 is 14.5 Å². The quantitative estimate of drug-likeness (QED) is 0.156. The Hall–Kier alpha value is -5.90. The average Bonchev–Trinajstić information content (AvgIpc) is 3.73. The number of hydrogen-bond acceptors (Lipinski definition) is 4. The molecule has 5 aromatic carbocycles. The van der Waals surface area contributed by atoms with Crippen LogP contribution in [-0.2, 0) is 31.9 Å². The number of ether oxygens (including phenoxy) is 1. The van der Waals surface area contributed by atoms with E-state index < -0.39 is 0 Å². The molecule has 0 atom stereocenters. The van der Waals surface area contributed by atoms with Crippen LogP contribution in [-0.4, -0.2) is 9.55 Å². The van der Waals surface area contributed by atoms with Crippen LogP contribution in [0.5, 0.6) is 11.5 Å². The molecule has 0 saturated carbocycles. The van der Waals surface area contributed by atoms with Gasteiger partial charge in [0.25, 0.3) is 0 Å². The number of pyridine rings is 1. The Kier molecular flexibility index (Phi) is 10.4. The Morgan fingerprint density at radius 1 is 0.603 bits per heavy atom. The molecule has 0 spiro atoms. The summed E-state index contributed by atoms with van der Waals surface area (Å²) in [7, 11) is 0. The van der Waals surface area contributed by atoms with Crippen molar-refractivity contribution >= 4 is 50.1 Å². The third kappa shape index (κ3) is 7.36. The van der Waals surface area contributed by atoms with Crippen LogP contribution in [0.3, 0.4) is 0 Å². The van der Waals surface area contributed by atoms with Gasteiger partial charge in [0.1, 0.15) is 5.82 Å². The van der Waals surface area contributed by atoms with Crippen molar-refractivity contribution in [2.24, 2.45) is 0 Å². The molecule has 0 saturated heterocycles. The summed E-state index contributed by atoms with van der Waals surface area (Å²) in [6.45, 7) is 15.6. The first kappa shape index (κ1) is 38.9. The van der Waals surface area contributed by atoms with Crippen LogP contribution in [0.1, 0.15) is 58.2 Å². The van der Waals surface area contributed by atoms with Gasteiger partial charge in [-0.1, -0.05) is 132 Å². The third-order valence-electron chi connectivity index (χ3n) is 10.7. The van der Waals surface area contributed by atoms with Crippen LogP contribution in [0, 0.1) is 18.8 Å². The smallest absolute Gasteiger partial charge is 0.135 e. The van der Waals surface area contributed by atoms with Gasteiger partial charge in [-0.15, -0.1) is 48.1 Å². The first-order valence-corrected chi connectivity index (χ1v) is 19.5. The Labute approximate surface area is 356 Å². The van der Waals surface area contributed by atoms with E-state index in [1.54, 1.807) is 0 Å². The van der Waals surface area contributed by atoms with Gasteiger partial charge in [-0.25, -0.2) is 4.98 Å². The molecule has 0 amide bonds. The minimum Gasteiger partial charge on any atom is -0.509 e. The summed E-state index contributed by atoms with van der Waals surface area (Å²) in [6.07, 6.45) is 16.6. The molecule has 0 radical (unpaired) electrons. The fourth-order valence-electron chi connectivity index (χ4n) is 7.62. The molecule has 2 aromatic heterocycles. The van der Waals surface area contributed by atoms with Crippen molar-refractivity contribution in [2.45, 2.75) is 52.4 Å². The van der Waals surface area contributed by atoms with E-state index in [0.29, 0.717) is 11.5 Å². The van der Waals surface area contributed by atoms with Gasteiger partial charge in [-0.2, -0.15) is 12.1 Å². The zero-order chi connectivity index (χ0) is 39.3. The minimum atomic E-state index is -0.0270. The van der Waals surface area contributed by atoms with Crippen molar-refractivity contribution in [3.63, 3.8) is 0 Å². The summed E-state index contributed by atoms with van der Waals surface area (Å²) < 4.78 is 8.79. The predicted molar refractivity (Wildman–Crippen MR) is 237 cm³/mol. The zero-order valence-electron chi connectivity index (χ0n) is 33.6. The molecular weight excluding hydrogens is 892 g/mol. The molecule has 0 unspecified atom stereocenters. The van der Waals surface area contributed by atoms with Gasteiger partial charge in [0.15, 0.2) is 0 Å². The Morgan fingerprint density at radius 2 is 1.31 bits per heavy atom. The largest absolute Gasteiger partial charge is 0.509 e.